The van der Waals surface area contributed by atoms with E-state index in [9.17, 15) is 9.59 Å². The number of methoxy groups -OCH3 is 1. The third-order valence-electron chi connectivity index (χ3n) is 5.10. The number of likely N-dealkylation sites (tertiary alicyclic amines) is 1. The van der Waals surface area contributed by atoms with E-state index >= 15 is 0 Å². The number of amides is 3. The second-order valence-electron chi connectivity index (χ2n) is 8.29. The van der Waals surface area contributed by atoms with Gasteiger partial charge in [-0.05, 0) is 55.4 Å². The van der Waals surface area contributed by atoms with Gasteiger partial charge in [-0.15, -0.1) is 0 Å². The molecule has 1 atom stereocenters. The minimum absolute atomic E-state index is 0.0778. The van der Waals surface area contributed by atoms with Gasteiger partial charge in [0.15, 0.2) is 0 Å². The van der Waals surface area contributed by atoms with E-state index in [0.717, 1.165) is 30.8 Å². The van der Waals surface area contributed by atoms with Crippen molar-refractivity contribution in [3.63, 3.8) is 0 Å². The molecule has 1 aliphatic rings. The van der Waals surface area contributed by atoms with Gasteiger partial charge >= 0.3 is 6.03 Å². The van der Waals surface area contributed by atoms with E-state index in [4.69, 9.17) is 4.74 Å². The Morgan fingerprint density at radius 1 is 1.36 bits per heavy atom. The fourth-order valence-corrected chi connectivity index (χ4v) is 3.61. The number of piperidine rings is 1. The standard InChI is InChI=1S/C22H35N3O3/c1-16(2)14-25(11-12-28-5)22(27)23-20-9-8-19(13-18(20)4)21(26)24-10-6-7-17(3)15-24/h8-9,13,16-17H,6-7,10-12,14-15H2,1-5H3,(H,23,27). The van der Waals surface area contributed by atoms with Crippen molar-refractivity contribution in [3.05, 3.63) is 29.3 Å². The van der Waals surface area contributed by atoms with Gasteiger partial charge < -0.3 is 19.9 Å². The first-order chi connectivity index (χ1) is 13.3. The van der Waals surface area contributed by atoms with Gasteiger partial charge in [0.25, 0.3) is 5.91 Å². The molecule has 1 unspecified atom stereocenters. The molecule has 0 radical (unpaired) electrons. The lowest BCUT2D eigenvalue weighted by molar-refractivity contribution is 0.0683. The maximum absolute atomic E-state index is 12.8. The van der Waals surface area contributed by atoms with Gasteiger partial charge in [-0.3, -0.25) is 4.79 Å². The molecule has 6 nitrogen and oxygen atoms in total. The summed E-state index contributed by atoms with van der Waals surface area (Å²) in [5, 5.41) is 2.98. The molecule has 0 aromatic heterocycles. The Labute approximate surface area is 169 Å². The van der Waals surface area contributed by atoms with E-state index in [-0.39, 0.29) is 11.9 Å². The van der Waals surface area contributed by atoms with Crippen molar-refractivity contribution in [3.8, 4) is 0 Å². The summed E-state index contributed by atoms with van der Waals surface area (Å²) < 4.78 is 5.12. The summed E-state index contributed by atoms with van der Waals surface area (Å²) in [5.41, 5.74) is 2.31. The van der Waals surface area contributed by atoms with E-state index < -0.39 is 0 Å². The number of rotatable bonds is 7. The van der Waals surface area contributed by atoms with E-state index in [0.29, 0.717) is 37.1 Å². The second kappa shape index (κ2) is 10.5. The number of carbonyl (C=O) groups excluding carboxylic acids is 2. The Bertz CT molecular complexity index is 675. The summed E-state index contributed by atoms with van der Waals surface area (Å²) in [6.07, 6.45) is 2.25. The number of nitrogens with zero attached hydrogens (tertiary/aromatic N) is 2. The SMILES string of the molecule is COCCN(CC(C)C)C(=O)Nc1ccc(C(=O)N2CCCC(C)C2)cc1C. The molecule has 1 aromatic carbocycles. The van der Waals surface area contributed by atoms with Gasteiger partial charge in [-0.25, -0.2) is 4.79 Å². The number of ether oxygens (including phenoxy) is 1. The predicted octanol–water partition coefficient (Wildman–Crippen LogP) is 4.00. The molecular weight excluding hydrogens is 354 g/mol. The zero-order valence-corrected chi connectivity index (χ0v) is 18.0. The molecule has 0 spiro atoms. The first kappa shape index (κ1) is 22.2. The van der Waals surface area contributed by atoms with Gasteiger partial charge in [0.1, 0.15) is 0 Å². The van der Waals surface area contributed by atoms with Gasteiger partial charge in [0.2, 0.25) is 0 Å². The highest BCUT2D eigenvalue weighted by Crippen LogP contribution is 2.21. The summed E-state index contributed by atoms with van der Waals surface area (Å²) in [6, 6.07) is 5.38. The summed E-state index contributed by atoms with van der Waals surface area (Å²) in [6.45, 7) is 11.6. The quantitative estimate of drug-likeness (QED) is 0.767. The van der Waals surface area contributed by atoms with Crippen molar-refractivity contribution in [1.29, 1.82) is 0 Å². The van der Waals surface area contributed by atoms with E-state index in [1.54, 1.807) is 12.0 Å². The van der Waals surface area contributed by atoms with Crippen LogP contribution in [0.1, 0.15) is 49.5 Å². The molecule has 1 aromatic rings. The van der Waals surface area contributed by atoms with Gasteiger partial charge in [-0.1, -0.05) is 20.8 Å². The Morgan fingerprint density at radius 2 is 2.11 bits per heavy atom. The van der Waals surface area contributed by atoms with Crippen LogP contribution in [0.5, 0.6) is 0 Å². The monoisotopic (exact) mass is 389 g/mol. The number of urea groups is 1. The minimum atomic E-state index is -0.141. The number of hydrogen-bond acceptors (Lipinski definition) is 3. The molecule has 1 fully saturated rings. The number of nitrogens with one attached hydrogen (secondary N) is 1. The van der Waals surface area contributed by atoms with Crippen LogP contribution in [0.2, 0.25) is 0 Å². The van der Waals surface area contributed by atoms with Gasteiger partial charge in [0, 0.05) is 44.5 Å². The van der Waals surface area contributed by atoms with Crippen LogP contribution >= 0.6 is 0 Å². The second-order valence-corrected chi connectivity index (χ2v) is 8.29. The van der Waals surface area contributed by atoms with E-state index in [1.165, 1.54) is 6.42 Å². The maximum atomic E-state index is 12.8. The molecule has 6 heteroatoms. The third kappa shape index (κ3) is 6.23. The molecule has 1 N–H and O–H groups in total. The summed E-state index contributed by atoms with van der Waals surface area (Å²) in [7, 11) is 1.63. The summed E-state index contributed by atoms with van der Waals surface area (Å²) in [5.74, 6) is 1.00. The first-order valence-electron chi connectivity index (χ1n) is 10.3. The molecule has 1 saturated heterocycles. The molecule has 156 valence electrons. The molecule has 2 rings (SSSR count). The van der Waals surface area contributed by atoms with Crippen LogP contribution in [0.25, 0.3) is 0 Å². The third-order valence-corrected chi connectivity index (χ3v) is 5.10. The number of carbonyl (C=O) groups is 2. The highest BCUT2D eigenvalue weighted by molar-refractivity contribution is 5.96. The van der Waals surface area contributed by atoms with Gasteiger partial charge in [0.05, 0.1) is 6.61 Å². The largest absolute Gasteiger partial charge is 0.383 e. The smallest absolute Gasteiger partial charge is 0.321 e. The van der Waals surface area contributed by atoms with Crippen LogP contribution < -0.4 is 5.32 Å². The van der Waals surface area contributed by atoms with Crippen LogP contribution in [0.3, 0.4) is 0 Å². The average Bonchev–Trinajstić information content (AvgIpc) is 2.65. The van der Waals surface area contributed by atoms with Crippen molar-refractivity contribution in [2.45, 2.75) is 40.5 Å². The zero-order valence-electron chi connectivity index (χ0n) is 18.0. The summed E-state index contributed by atoms with van der Waals surface area (Å²) in [4.78, 5) is 29.2. The van der Waals surface area contributed by atoms with Crippen molar-refractivity contribution in [2.24, 2.45) is 11.8 Å². The molecule has 28 heavy (non-hydrogen) atoms. The highest BCUT2D eigenvalue weighted by Gasteiger charge is 2.23. The van der Waals surface area contributed by atoms with Crippen molar-refractivity contribution in [1.82, 2.24) is 9.80 Å². The fraction of sp³-hybridized carbons (Fsp3) is 0.636. The Kier molecular flexibility index (Phi) is 8.30. The average molecular weight is 390 g/mol. The van der Waals surface area contributed by atoms with Crippen LogP contribution in [0.15, 0.2) is 18.2 Å². The fourth-order valence-electron chi connectivity index (χ4n) is 3.61. The lowest BCUT2D eigenvalue weighted by Crippen LogP contribution is -2.40. The molecule has 1 heterocycles. The Hall–Kier alpha value is -2.08. The molecule has 0 bridgehead atoms. The van der Waals surface area contributed by atoms with Crippen LogP contribution in [-0.2, 0) is 4.74 Å². The molecule has 3 amide bonds. The normalized spacial score (nSPS) is 16.9. The lowest BCUT2D eigenvalue weighted by Gasteiger charge is -2.31. The molecular formula is C22H35N3O3. The number of anilines is 1. The van der Waals surface area contributed by atoms with Crippen molar-refractivity contribution < 1.29 is 14.3 Å². The predicted molar refractivity (Wildman–Crippen MR) is 113 cm³/mol. The number of aryl methyl sites for hydroxylation is 1. The summed E-state index contributed by atoms with van der Waals surface area (Å²) >= 11 is 0. The molecule has 0 aliphatic carbocycles. The first-order valence-corrected chi connectivity index (χ1v) is 10.3. The van der Waals surface area contributed by atoms with Crippen LogP contribution in [-0.4, -0.2) is 61.6 Å². The number of benzene rings is 1. The lowest BCUT2D eigenvalue weighted by atomic mass is 9.99. The topological polar surface area (TPSA) is 61.9 Å². The molecule has 0 saturated carbocycles. The van der Waals surface area contributed by atoms with Crippen LogP contribution in [0.4, 0.5) is 10.5 Å². The Balaban J connectivity index is 2.06. The molecule has 1 aliphatic heterocycles. The van der Waals surface area contributed by atoms with Gasteiger partial charge in [-0.2, -0.15) is 0 Å². The van der Waals surface area contributed by atoms with E-state index in [2.05, 4.69) is 26.1 Å². The maximum Gasteiger partial charge on any atom is 0.321 e. The number of hydrogen-bond donors (Lipinski definition) is 1. The Morgan fingerprint density at radius 3 is 2.71 bits per heavy atom. The minimum Gasteiger partial charge on any atom is -0.383 e. The van der Waals surface area contributed by atoms with Crippen molar-refractivity contribution in [2.75, 3.05) is 45.2 Å². The van der Waals surface area contributed by atoms with Crippen molar-refractivity contribution >= 4 is 17.6 Å². The van der Waals surface area contributed by atoms with E-state index in [1.807, 2.05) is 30.0 Å². The zero-order chi connectivity index (χ0) is 20.7. The highest BCUT2D eigenvalue weighted by atomic mass is 16.5. The van der Waals surface area contributed by atoms with Crippen LogP contribution in [0, 0.1) is 18.8 Å².